The SMILES string of the molecule is CCc1c(C)c(C)c2c(C)c(C)c(C)c(C)c2c1CC. The fourth-order valence-electron chi connectivity index (χ4n) is 3.82. The van der Waals surface area contributed by atoms with Gasteiger partial charge in [0.05, 0.1) is 0 Å². The molecule has 0 aliphatic carbocycles. The second kappa shape index (κ2) is 5.24. The molecule has 2 aromatic rings. The van der Waals surface area contributed by atoms with Gasteiger partial charge in [0.2, 0.25) is 0 Å². The molecule has 0 saturated carbocycles. The summed E-state index contributed by atoms with van der Waals surface area (Å²) in [5, 5.41) is 3.05. The predicted molar refractivity (Wildman–Crippen MR) is 91.1 cm³/mol. The zero-order chi connectivity index (χ0) is 15.2. The van der Waals surface area contributed by atoms with Gasteiger partial charge >= 0.3 is 0 Å². The van der Waals surface area contributed by atoms with E-state index in [0.29, 0.717) is 0 Å². The number of rotatable bonds is 2. The average molecular weight is 268 g/mol. The Bertz CT molecular complexity index is 688. The van der Waals surface area contributed by atoms with Gasteiger partial charge in [-0.05, 0) is 110 Å². The molecule has 0 saturated heterocycles. The molecule has 0 heterocycles. The normalized spacial score (nSPS) is 11.4. The molecule has 0 aliphatic rings. The number of hydrogen-bond donors (Lipinski definition) is 0. The van der Waals surface area contributed by atoms with Crippen LogP contribution in [0.5, 0.6) is 0 Å². The van der Waals surface area contributed by atoms with Crippen molar-refractivity contribution in [1.82, 2.24) is 0 Å². The Morgan fingerprint density at radius 2 is 0.850 bits per heavy atom. The smallest absolute Gasteiger partial charge is 0.0112 e. The maximum absolute atomic E-state index is 2.30. The lowest BCUT2D eigenvalue weighted by molar-refractivity contribution is 1.02. The highest BCUT2D eigenvalue weighted by Crippen LogP contribution is 2.37. The van der Waals surface area contributed by atoms with Crippen molar-refractivity contribution in [3.05, 3.63) is 44.5 Å². The van der Waals surface area contributed by atoms with E-state index in [4.69, 9.17) is 0 Å². The summed E-state index contributed by atoms with van der Waals surface area (Å²) < 4.78 is 0. The minimum absolute atomic E-state index is 1.13. The molecule has 2 aromatic carbocycles. The van der Waals surface area contributed by atoms with Gasteiger partial charge in [-0.1, -0.05) is 13.8 Å². The highest BCUT2D eigenvalue weighted by Gasteiger charge is 2.18. The van der Waals surface area contributed by atoms with Crippen molar-refractivity contribution >= 4 is 10.8 Å². The molecule has 108 valence electrons. The van der Waals surface area contributed by atoms with Crippen molar-refractivity contribution in [1.29, 1.82) is 0 Å². The molecule has 0 atom stereocenters. The summed E-state index contributed by atoms with van der Waals surface area (Å²) in [7, 11) is 0. The summed E-state index contributed by atoms with van der Waals surface area (Å²) in [6.07, 6.45) is 2.26. The lowest BCUT2D eigenvalue weighted by Gasteiger charge is -2.23. The van der Waals surface area contributed by atoms with Crippen LogP contribution >= 0.6 is 0 Å². The summed E-state index contributed by atoms with van der Waals surface area (Å²) in [6, 6.07) is 0. The third-order valence-corrected chi connectivity index (χ3v) is 5.45. The first kappa shape index (κ1) is 15.1. The fraction of sp³-hybridized carbons (Fsp3) is 0.500. The van der Waals surface area contributed by atoms with Crippen molar-refractivity contribution in [2.75, 3.05) is 0 Å². The van der Waals surface area contributed by atoms with Crippen LogP contribution < -0.4 is 0 Å². The molecule has 0 amide bonds. The summed E-state index contributed by atoms with van der Waals surface area (Å²) in [6.45, 7) is 18.3. The predicted octanol–water partition coefficient (Wildman–Crippen LogP) is 5.82. The molecule has 0 heteroatoms. The van der Waals surface area contributed by atoms with E-state index >= 15 is 0 Å². The third-order valence-electron chi connectivity index (χ3n) is 5.45. The van der Waals surface area contributed by atoms with Crippen LogP contribution in [0.25, 0.3) is 10.8 Å². The molecule has 2 rings (SSSR count). The molecule has 0 radical (unpaired) electrons. The average Bonchev–Trinajstić information content (AvgIpc) is 2.44. The maximum atomic E-state index is 2.30. The van der Waals surface area contributed by atoms with Gasteiger partial charge in [-0.3, -0.25) is 0 Å². The highest BCUT2D eigenvalue weighted by atomic mass is 14.2. The first-order chi connectivity index (χ1) is 9.36. The van der Waals surface area contributed by atoms with Gasteiger partial charge in [0.1, 0.15) is 0 Å². The molecule has 0 N–H and O–H groups in total. The Morgan fingerprint density at radius 3 is 1.30 bits per heavy atom. The molecule has 20 heavy (non-hydrogen) atoms. The Balaban J connectivity index is 3.19. The van der Waals surface area contributed by atoms with Gasteiger partial charge < -0.3 is 0 Å². The van der Waals surface area contributed by atoms with E-state index in [1.807, 2.05) is 0 Å². The van der Waals surface area contributed by atoms with E-state index in [2.05, 4.69) is 55.4 Å². The first-order valence-corrected chi connectivity index (χ1v) is 7.87. The number of benzene rings is 2. The van der Waals surface area contributed by atoms with E-state index in [9.17, 15) is 0 Å². The Labute approximate surface area is 124 Å². The lowest BCUT2D eigenvalue weighted by Crippen LogP contribution is -2.05. The fourth-order valence-corrected chi connectivity index (χ4v) is 3.82. The lowest BCUT2D eigenvalue weighted by atomic mass is 9.81. The van der Waals surface area contributed by atoms with Crippen LogP contribution in [0.3, 0.4) is 0 Å². The Hall–Kier alpha value is -1.30. The van der Waals surface area contributed by atoms with E-state index < -0.39 is 0 Å². The summed E-state index contributed by atoms with van der Waals surface area (Å²) in [5.74, 6) is 0. The summed E-state index contributed by atoms with van der Waals surface area (Å²) in [5.41, 5.74) is 12.0. The van der Waals surface area contributed by atoms with Crippen molar-refractivity contribution < 1.29 is 0 Å². The van der Waals surface area contributed by atoms with Gasteiger partial charge in [-0.2, -0.15) is 0 Å². The Kier molecular flexibility index (Phi) is 3.95. The van der Waals surface area contributed by atoms with E-state index in [1.165, 1.54) is 44.2 Å². The first-order valence-electron chi connectivity index (χ1n) is 7.87. The van der Waals surface area contributed by atoms with Crippen LogP contribution in [0.4, 0.5) is 0 Å². The maximum Gasteiger partial charge on any atom is -0.0112 e. The van der Waals surface area contributed by atoms with E-state index in [-0.39, 0.29) is 0 Å². The minimum Gasteiger partial charge on any atom is -0.0613 e. The van der Waals surface area contributed by atoms with Gasteiger partial charge in [0, 0.05) is 0 Å². The molecule has 0 aliphatic heterocycles. The number of fused-ring (bicyclic) bond motifs is 1. The van der Waals surface area contributed by atoms with Crippen molar-refractivity contribution in [2.24, 2.45) is 0 Å². The zero-order valence-electron chi connectivity index (χ0n) is 14.4. The van der Waals surface area contributed by atoms with Gasteiger partial charge in [-0.15, -0.1) is 0 Å². The summed E-state index contributed by atoms with van der Waals surface area (Å²) >= 11 is 0. The largest absolute Gasteiger partial charge is 0.0613 e. The number of aryl methyl sites for hydroxylation is 4. The monoisotopic (exact) mass is 268 g/mol. The van der Waals surface area contributed by atoms with Crippen LogP contribution in [0, 0.1) is 41.5 Å². The second-order valence-corrected chi connectivity index (χ2v) is 6.16. The van der Waals surface area contributed by atoms with Crippen LogP contribution in [0.2, 0.25) is 0 Å². The number of hydrogen-bond acceptors (Lipinski definition) is 0. The van der Waals surface area contributed by atoms with Crippen molar-refractivity contribution in [2.45, 2.75) is 68.2 Å². The molecular weight excluding hydrogens is 240 g/mol. The standard InChI is InChI=1S/C20H28/c1-9-17-13(5)16(8)19-14(6)11(3)12(4)15(7)20(19)18(17)10-2/h9-10H2,1-8H3. The topological polar surface area (TPSA) is 0 Å². The molecule has 0 fully saturated rings. The second-order valence-electron chi connectivity index (χ2n) is 6.16. The van der Waals surface area contributed by atoms with Gasteiger partial charge in [-0.25, -0.2) is 0 Å². The zero-order valence-corrected chi connectivity index (χ0v) is 14.4. The molecule has 0 aromatic heterocycles. The van der Waals surface area contributed by atoms with Crippen LogP contribution in [-0.2, 0) is 12.8 Å². The molecule has 0 nitrogen and oxygen atoms in total. The quantitative estimate of drug-likeness (QED) is 0.644. The molecule has 0 bridgehead atoms. The summed E-state index contributed by atoms with van der Waals surface area (Å²) in [4.78, 5) is 0. The van der Waals surface area contributed by atoms with E-state index in [1.54, 1.807) is 11.1 Å². The van der Waals surface area contributed by atoms with Crippen LogP contribution in [0.1, 0.15) is 58.4 Å². The Morgan fingerprint density at radius 1 is 0.450 bits per heavy atom. The van der Waals surface area contributed by atoms with Crippen LogP contribution in [0.15, 0.2) is 0 Å². The van der Waals surface area contributed by atoms with Gasteiger partial charge in [0.25, 0.3) is 0 Å². The molecule has 0 unspecified atom stereocenters. The molecule has 0 spiro atoms. The van der Waals surface area contributed by atoms with Gasteiger partial charge in [0.15, 0.2) is 0 Å². The van der Waals surface area contributed by atoms with Crippen molar-refractivity contribution in [3.63, 3.8) is 0 Å². The highest BCUT2D eigenvalue weighted by molar-refractivity contribution is 5.97. The third kappa shape index (κ3) is 1.89. The minimum atomic E-state index is 1.13. The van der Waals surface area contributed by atoms with Crippen molar-refractivity contribution in [3.8, 4) is 0 Å². The van der Waals surface area contributed by atoms with Crippen LogP contribution in [-0.4, -0.2) is 0 Å². The molecular formula is C20H28. The van der Waals surface area contributed by atoms with E-state index in [0.717, 1.165) is 12.8 Å².